The first kappa shape index (κ1) is 26.8. The summed E-state index contributed by atoms with van der Waals surface area (Å²) in [5.74, 6) is -3.83. The minimum Gasteiger partial charge on any atom is -0.480 e. The summed E-state index contributed by atoms with van der Waals surface area (Å²) in [6.45, 7) is 6.40. The maximum Gasteiger partial charge on any atom is 0.317 e. The number of nitrogens with zero attached hydrogens (tertiary/aromatic N) is 3. The molecule has 0 saturated carbocycles. The van der Waals surface area contributed by atoms with Crippen molar-refractivity contribution in [2.45, 2.75) is 20.8 Å². The van der Waals surface area contributed by atoms with Crippen LogP contribution in [0.3, 0.4) is 0 Å². The molecule has 0 aliphatic carbocycles. The van der Waals surface area contributed by atoms with Gasteiger partial charge in [0.1, 0.15) is 0 Å². The lowest BCUT2D eigenvalue weighted by molar-refractivity contribution is -0.143. The molecular formula is C18H33N3O8. The summed E-state index contributed by atoms with van der Waals surface area (Å²) in [4.78, 5) is 48.4. The highest BCUT2D eigenvalue weighted by Crippen LogP contribution is 2.12. The number of rotatable bonds is 17. The average molecular weight is 419 g/mol. The third kappa shape index (κ3) is 14.4. The quantitative estimate of drug-likeness (QED) is 0.241. The molecular weight excluding hydrogens is 386 g/mol. The van der Waals surface area contributed by atoms with Crippen molar-refractivity contribution in [3.8, 4) is 0 Å². The van der Waals surface area contributed by atoms with E-state index in [9.17, 15) is 19.2 Å². The Kier molecular flexibility index (Phi) is 12.8. The first-order valence-electron chi connectivity index (χ1n) is 9.44. The molecule has 0 aliphatic heterocycles. The summed E-state index contributed by atoms with van der Waals surface area (Å²) in [5.41, 5.74) is 0. The summed E-state index contributed by atoms with van der Waals surface area (Å²) in [7, 11) is 0. The Balaban J connectivity index is 5.05. The lowest BCUT2D eigenvalue weighted by Crippen LogP contribution is -2.45. The van der Waals surface area contributed by atoms with E-state index in [1.165, 1.54) is 9.80 Å². The number of carboxylic acid groups (broad SMARTS) is 4. The van der Waals surface area contributed by atoms with Gasteiger partial charge in [0, 0.05) is 32.7 Å². The molecule has 0 saturated heterocycles. The van der Waals surface area contributed by atoms with E-state index in [1.54, 1.807) is 0 Å². The third-order valence-corrected chi connectivity index (χ3v) is 4.58. The first-order valence-corrected chi connectivity index (χ1v) is 9.44. The number of aliphatic carboxylic acids is 4. The van der Waals surface area contributed by atoms with Crippen molar-refractivity contribution in [1.29, 1.82) is 0 Å². The van der Waals surface area contributed by atoms with Gasteiger partial charge in [-0.15, -0.1) is 0 Å². The number of hydrogen-bond acceptors (Lipinski definition) is 7. The van der Waals surface area contributed by atoms with Crippen LogP contribution in [0.15, 0.2) is 0 Å². The third-order valence-electron chi connectivity index (χ3n) is 4.58. The zero-order chi connectivity index (χ0) is 22.6. The maximum absolute atomic E-state index is 11.0. The summed E-state index contributed by atoms with van der Waals surface area (Å²) in [5, 5.41) is 35.8. The van der Waals surface area contributed by atoms with Gasteiger partial charge in [0.05, 0.1) is 26.2 Å². The van der Waals surface area contributed by atoms with Gasteiger partial charge >= 0.3 is 23.9 Å². The van der Waals surface area contributed by atoms with Gasteiger partial charge in [0.2, 0.25) is 0 Å². The molecule has 0 amide bonds. The summed E-state index contributed by atoms with van der Waals surface area (Å²) >= 11 is 0. The van der Waals surface area contributed by atoms with Gasteiger partial charge in [0.15, 0.2) is 0 Å². The molecule has 29 heavy (non-hydrogen) atoms. The van der Waals surface area contributed by atoms with E-state index in [4.69, 9.17) is 20.4 Å². The van der Waals surface area contributed by atoms with E-state index < -0.39 is 50.1 Å². The van der Waals surface area contributed by atoms with Crippen molar-refractivity contribution in [1.82, 2.24) is 14.7 Å². The zero-order valence-electron chi connectivity index (χ0n) is 17.3. The molecule has 0 fully saturated rings. The van der Waals surface area contributed by atoms with Crippen LogP contribution >= 0.6 is 0 Å². The molecule has 0 aromatic rings. The van der Waals surface area contributed by atoms with Gasteiger partial charge in [-0.3, -0.25) is 29.0 Å². The van der Waals surface area contributed by atoms with Gasteiger partial charge in [-0.05, 0) is 11.8 Å². The van der Waals surface area contributed by atoms with Crippen molar-refractivity contribution < 1.29 is 39.6 Å². The molecule has 1 unspecified atom stereocenters. The largest absolute Gasteiger partial charge is 0.480 e. The summed E-state index contributed by atoms with van der Waals surface area (Å²) in [6.07, 6.45) is 0. The minimum absolute atomic E-state index is 0.210. The first-order chi connectivity index (χ1) is 13.4. The Hall–Kier alpha value is -2.24. The minimum atomic E-state index is -1.12. The summed E-state index contributed by atoms with van der Waals surface area (Å²) < 4.78 is 0. The van der Waals surface area contributed by atoms with Crippen molar-refractivity contribution in [3.05, 3.63) is 0 Å². The molecule has 0 rings (SSSR count). The highest BCUT2D eigenvalue weighted by Gasteiger charge is 2.20. The zero-order valence-corrected chi connectivity index (χ0v) is 17.3. The molecule has 0 aromatic carbocycles. The smallest absolute Gasteiger partial charge is 0.317 e. The van der Waals surface area contributed by atoms with E-state index in [0.29, 0.717) is 25.6 Å². The molecule has 168 valence electrons. The Labute approximate surface area is 170 Å². The Morgan fingerprint density at radius 3 is 1.10 bits per heavy atom. The molecule has 0 aromatic heterocycles. The molecule has 1 atom stereocenters. The lowest BCUT2D eigenvalue weighted by Gasteiger charge is -2.31. The van der Waals surface area contributed by atoms with Crippen molar-refractivity contribution in [2.75, 3.05) is 58.9 Å². The van der Waals surface area contributed by atoms with Gasteiger partial charge in [-0.2, -0.15) is 0 Å². The normalized spacial score (nSPS) is 12.7. The van der Waals surface area contributed by atoms with E-state index >= 15 is 0 Å². The molecule has 11 nitrogen and oxygen atoms in total. The second-order valence-corrected chi connectivity index (χ2v) is 7.52. The van der Waals surface area contributed by atoms with Gasteiger partial charge in [0.25, 0.3) is 0 Å². The Morgan fingerprint density at radius 1 is 0.586 bits per heavy atom. The van der Waals surface area contributed by atoms with E-state index in [2.05, 4.69) is 20.8 Å². The number of carbonyl (C=O) groups is 4. The topological polar surface area (TPSA) is 159 Å². The molecule has 0 aliphatic rings. The van der Waals surface area contributed by atoms with Crippen molar-refractivity contribution in [3.63, 3.8) is 0 Å². The van der Waals surface area contributed by atoms with Crippen molar-refractivity contribution >= 4 is 23.9 Å². The fourth-order valence-electron chi connectivity index (χ4n) is 2.67. The maximum atomic E-state index is 11.0. The summed E-state index contributed by atoms with van der Waals surface area (Å²) in [6, 6.07) is 0. The molecule has 4 N–H and O–H groups in total. The lowest BCUT2D eigenvalue weighted by atomic mass is 9.97. The van der Waals surface area contributed by atoms with Crippen LogP contribution in [0.1, 0.15) is 20.8 Å². The number of hydrogen-bond donors (Lipinski definition) is 4. The predicted octanol–water partition coefficient (Wildman–Crippen LogP) is -0.477. The van der Waals surface area contributed by atoms with Crippen LogP contribution in [0, 0.1) is 11.8 Å². The van der Waals surface area contributed by atoms with Crippen LogP contribution < -0.4 is 0 Å². The predicted molar refractivity (Wildman–Crippen MR) is 104 cm³/mol. The Bertz CT molecular complexity index is 483. The van der Waals surface area contributed by atoms with Gasteiger partial charge in [-0.25, -0.2) is 0 Å². The molecule has 0 spiro atoms. The van der Waals surface area contributed by atoms with E-state index in [1.807, 2.05) is 4.90 Å². The molecule has 11 heteroatoms. The fraction of sp³-hybridized carbons (Fsp3) is 0.778. The highest BCUT2D eigenvalue weighted by atomic mass is 16.4. The van der Waals surface area contributed by atoms with E-state index in [-0.39, 0.29) is 19.0 Å². The van der Waals surface area contributed by atoms with E-state index in [0.717, 1.165) is 0 Å². The van der Waals surface area contributed by atoms with Crippen LogP contribution in [0.5, 0.6) is 0 Å². The molecule has 0 heterocycles. The highest BCUT2D eigenvalue weighted by molar-refractivity contribution is 5.73. The fourth-order valence-corrected chi connectivity index (χ4v) is 2.67. The number of carboxylic acids is 4. The molecule has 0 bridgehead atoms. The standard InChI is InChI=1S/C18H33N3O8/c1-13(2)14(3)8-19(4-6-20(9-15(22)23)10-16(24)25)5-7-21(11-17(26)27)12-18(28)29/h13-14H,4-12H2,1-3H3,(H,22,23)(H,24,25)(H,26,27)(H,28,29). The average Bonchev–Trinajstić information content (AvgIpc) is 2.54. The monoisotopic (exact) mass is 419 g/mol. The van der Waals surface area contributed by atoms with Crippen LogP contribution in [-0.4, -0.2) is 118 Å². The van der Waals surface area contributed by atoms with Crippen LogP contribution in [0.2, 0.25) is 0 Å². The Morgan fingerprint density at radius 2 is 0.862 bits per heavy atom. The van der Waals surface area contributed by atoms with Crippen LogP contribution in [0.25, 0.3) is 0 Å². The molecule has 0 radical (unpaired) electrons. The van der Waals surface area contributed by atoms with Gasteiger partial charge < -0.3 is 25.3 Å². The second kappa shape index (κ2) is 13.9. The van der Waals surface area contributed by atoms with Crippen LogP contribution in [-0.2, 0) is 19.2 Å². The van der Waals surface area contributed by atoms with Gasteiger partial charge in [-0.1, -0.05) is 20.8 Å². The SMILES string of the molecule is CC(C)C(C)CN(CCN(CC(=O)O)CC(=O)O)CCN(CC(=O)O)CC(=O)O. The van der Waals surface area contributed by atoms with Crippen molar-refractivity contribution in [2.24, 2.45) is 11.8 Å². The second-order valence-electron chi connectivity index (χ2n) is 7.52. The van der Waals surface area contributed by atoms with Crippen LogP contribution in [0.4, 0.5) is 0 Å².